The Morgan fingerprint density at radius 2 is 2.11 bits per heavy atom. The number of amides is 1. The number of pyridine rings is 1. The molecule has 3 aromatic heterocycles. The third-order valence-electron chi connectivity index (χ3n) is 4.48. The van der Waals surface area contributed by atoms with Gasteiger partial charge >= 0.3 is 6.09 Å². The monoisotopic (exact) mass is 386 g/mol. The summed E-state index contributed by atoms with van der Waals surface area (Å²) >= 11 is 1.61. The van der Waals surface area contributed by atoms with Gasteiger partial charge in [0.15, 0.2) is 5.82 Å². The van der Waals surface area contributed by atoms with Gasteiger partial charge in [-0.2, -0.15) is 4.98 Å². The number of aromatic nitrogens is 3. The molecule has 0 radical (unpaired) electrons. The molecule has 0 aromatic carbocycles. The number of hydrogen-bond donors (Lipinski definition) is 0. The van der Waals surface area contributed by atoms with Crippen molar-refractivity contribution in [2.75, 3.05) is 13.1 Å². The topological polar surface area (TPSA) is 81.4 Å². The highest BCUT2D eigenvalue weighted by atomic mass is 32.1. The van der Waals surface area contributed by atoms with Crippen LogP contribution in [0, 0.1) is 0 Å². The molecule has 0 spiro atoms. The van der Waals surface area contributed by atoms with Gasteiger partial charge in [-0.15, -0.1) is 11.3 Å². The summed E-state index contributed by atoms with van der Waals surface area (Å²) in [5.41, 5.74) is -0.476. The van der Waals surface area contributed by atoms with E-state index in [9.17, 15) is 4.79 Å². The van der Waals surface area contributed by atoms with Crippen LogP contribution in [0.4, 0.5) is 4.79 Å². The van der Waals surface area contributed by atoms with Crippen LogP contribution >= 0.6 is 11.3 Å². The van der Waals surface area contributed by atoms with E-state index in [4.69, 9.17) is 9.26 Å². The quantitative estimate of drug-likeness (QED) is 0.647. The Labute approximate surface area is 161 Å². The number of hydrogen-bond acceptors (Lipinski definition) is 7. The minimum atomic E-state index is -0.476. The van der Waals surface area contributed by atoms with Gasteiger partial charge in [-0.3, -0.25) is 4.98 Å². The van der Waals surface area contributed by atoms with Crippen molar-refractivity contribution < 1.29 is 14.1 Å². The van der Waals surface area contributed by atoms with Gasteiger partial charge in [0.05, 0.1) is 4.88 Å². The average molecular weight is 386 g/mol. The summed E-state index contributed by atoms with van der Waals surface area (Å²) in [6.07, 6.45) is 4.95. The molecule has 0 unspecified atom stereocenters. The second-order valence-corrected chi connectivity index (χ2v) is 8.81. The number of piperidine rings is 1. The fourth-order valence-electron chi connectivity index (χ4n) is 3.14. The molecule has 3 aromatic rings. The van der Waals surface area contributed by atoms with Crippen LogP contribution in [-0.2, 0) is 4.74 Å². The van der Waals surface area contributed by atoms with E-state index >= 15 is 0 Å². The lowest BCUT2D eigenvalue weighted by Crippen LogP contribution is -2.41. The molecule has 1 aliphatic rings. The number of rotatable bonds is 2. The number of carbonyl (C=O) groups excluding carboxylic acids is 1. The molecule has 0 aliphatic carbocycles. The lowest BCUT2D eigenvalue weighted by molar-refractivity contribution is 0.0203. The second kappa shape index (κ2) is 6.92. The molecule has 1 saturated heterocycles. The Balaban J connectivity index is 1.42. The van der Waals surface area contributed by atoms with Crippen molar-refractivity contribution in [2.24, 2.45) is 0 Å². The summed E-state index contributed by atoms with van der Waals surface area (Å²) < 4.78 is 12.1. The minimum Gasteiger partial charge on any atom is -0.444 e. The number of nitrogens with zero attached hydrogens (tertiary/aromatic N) is 4. The largest absolute Gasteiger partial charge is 0.444 e. The normalized spacial score (nSPS) is 16.0. The third kappa shape index (κ3) is 3.95. The fraction of sp³-hybridized carbons (Fsp3) is 0.474. The standard InChI is InChI=1S/C19H22N4O3S/c1-19(2,3)25-18(24)23-8-5-12(6-9-23)16-21-17(26-22-16)15-10-13-11-20-7-4-14(13)27-15/h4,7,10-12H,5-6,8-9H2,1-3H3. The number of carbonyl (C=O) groups is 1. The van der Waals surface area contributed by atoms with Gasteiger partial charge in [0.2, 0.25) is 0 Å². The number of thiophene rings is 1. The first-order valence-electron chi connectivity index (χ1n) is 9.04. The first kappa shape index (κ1) is 17.9. The molecule has 8 heteroatoms. The van der Waals surface area contributed by atoms with E-state index in [-0.39, 0.29) is 12.0 Å². The molecule has 0 bridgehead atoms. The maximum atomic E-state index is 12.2. The van der Waals surface area contributed by atoms with Crippen LogP contribution in [0.25, 0.3) is 20.9 Å². The van der Waals surface area contributed by atoms with E-state index in [2.05, 4.69) is 15.1 Å². The van der Waals surface area contributed by atoms with E-state index in [1.54, 1.807) is 22.4 Å². The Kier molecular flexibility index (Phi) is 4.59. The number of ether oxygens (including phenoxy) is 1. The van der Waals surface area contributed by atoms with Crippen molar-refractivity contribution in [3.8, 4) is 10.8 Å². The third-order valence-corrected chi connectivity index (χ3v) is 5.59. The van der Waals surface area contributed by atoms with Gasteiger partial charge in [0, 0.05) is 41.5 Å². The van der Waals surface area contributed by atoms with E-state index in [0.717, 1.165) is 27.8 Å². The summed E-state index contributed by atoms with van der Waals surface area (Å²) in [5, 5.41) is 5.26. The van der Waals surface area contributed by atoms with Gasteiger partial charge < -0.3 is 14.2 Å². The highest BCUT2D eigenvalue weighted by Gasteiger charge is 2.29. The molecule has 4 rings (SSSR count). The molecule has 142 valence electrons. The zero-order chi connectivity index (χ0) is 19.0. The average Bonchev–Trinajstić information content (AvgIpc) is 3.27. The van der Waals surface area contributed by atoms with Crippen molar-refractivity contribution in [2.45, 2.75) is 45.1 Å². The second-order valence-electron chi connectivity index (χ2n) is 7.72. The van der Waals surface area contributed by atoms with Gasteiger partial charge in [0.25, 0.3) is 5.89 Å². The Bertz CT molecular complexity index is 918. The first-order valence-corrected chi connectivity index (χ1v) is 9.86. The Hall–Kier alpha value is -2.48. The number of likely N-dealkylation sites (tertiary alicyclic amines) is 1. The molecule has 27 heavy (non-hydrogen) atoms. The maximum Gasteiger partial charge on any atom is 0.410 e. The van der Waals surface area contributed by atoms with Crippen molar-refractivity contribution >= 4 is 27.5 Å². The van der Waals surface area contributed by atoms with Gasteiger partial charge in [-0.05, 0) is 45.7 Å². The molecule has 1 aliphatic heterocycles. The number of fused-ring (bicyclic) bond motifs is 1. The molecular weight excluding hydrogens is 364 g/mol. The smallest absolute Gasteiger partial charge is 0.410 e. The molecule has 0 atom stereocenters. The maximum absolute atomic E-state index is 12.2. The Morgan fingerprint density at radius 1 is 1.33 bits per heavy atom. The van der Waals surface area contributed by atoms with Crippen LogP contribution in [-0.4, -0.2) is 44.8 Å². The summed E-state index contributed by atoms with van der Waals surface area (Å²) in [5.74, 6) is 1.45. The SMILES string of the molecule is CC(C)(C)OC(=O)N1CCC(c2noc(-c3cc4cnccc4s3)n2)CC1. The van der Waals surface area contributed by atoms with Crippen molar-refractivity contribution in [3.63, 3.8) is 0 Å². The molecule has 7 nitrogen and oxygen atoms in total. The fourth-order valence-corrected chi connectivity index (χ4v) is 4.09. The van der Waals surface area contributed by atoms with Gasteiger partial charge in [0.1, 0.15) is 5.60 Å². The molecule has 1 fully saturated rings. The van der Waals surface area contributed by atoms with Crippen LogP contribution in [0.1, 0.15) is 45.4 Å². The van der Waals surface area contributed by atoms with Gasteiger partial charge in [-0.25, -0.2) is 4.79 Å². The van der Waals surface area contributed by atoms with E-state index < -0.39 is 5.60 Å². The van der Waals surface area contributed by atoms with Crippen molar-refractivity contribution in [1.29, 1.82) is 0 Å². The lowest BCUT2D eigenvalue weighted by atomic mass is 9.96. The van der Waals surface area contributed by atoms with Crippen LogP contribution < -0.4 is 0 Å². The summed E-state index contributed by atoms with van der Waals surface area (Å²) in [6, 6.07) is 4.00. The van der Waals surface area contributed by atoms with Crippen molar-refractivity contribution in [3.05, 3.63) is 30.4 Å². The molecule has 1 amide bonds. The minimum absolute atomic E-state index is 0.192. The lowest BCUT2D eigenvalue weighted by Gasteiger charge is -2.32. The molecule has 0 N–H and O–H groups in total. The summed E-state index contributed by atoms with van der Waals surface area (Å²) in [6.45, 7) is 6.91. The van der Waals surface area contributed by atoms with Crippen LogP contribution in [0.15, 0.2) is 29.0 Å². The first-order chi connectivity index (χ1) is 12.9. The van der Waals surface area contributed by atoms with Crippen LogP contribution in [0.2, 0.25) is 0 Å². The zero-order valence-electron chi connectivity index (χ0n) is 15.6. The molecular formula is C19H22N4O3S. The predicted octanol–water partition coefficient (Wildman–Crippen LogP) is 4.46. The van der Waals surface area contributed by atoms with E-state index in [1.165, 1.54) is 0 Å². The van der Waals surface area contributed by atoms with Crippen molar-refractivity contribution in [1.82, 2.24) is 20.0 Å². The van der Waals surface area contributed by atoms with E-state index in [0.29, 0.717) is 24.8 Å². The summed E-state index contributed by atoms with van der Waals surface area (Å²) in [7, 11) is 0. The van der Waals surface area contributed by atoms with E-state index in [1.807, 2.05) is 39.1 Å². The summed E-state index contributed by atoms with van der Waals surface area (Å²) in [4.78, 5) is 23.6. The highest BCUT2D eigenvalue weighted by Crippen LogP contribution is 2.34. The highest BCUT2D eigenvalue weighted by molar-refractivity contribution is 7.22. The van der Waals surface area contributed by atoms with Crippen LogP contribution in [0.3, 0.4) is 0 Å². The van der Waals surface area contributed by atoms with Crippen LogP contribution in [0.5, 0.6) is 0 Å². The molecule has 4 heterocycles. The Morgan fingerprint density at radius 3 is 2.81 bits per heavy atom. The molecule has 0 saturated carbocycles. The van der Waals surface area contributed by atoms with Gasteiger partial charge in [-0.1, -0.05) is 5.16 Å². The zero-order valence-corrected chi connectivity index (χ0v) is 16.5. The predicted molar refractivity (Wildman–Crippen MR) is 103 cm³/mol.